The summed E-state index contributed by atoms with van der Waals surface area (Å²) in [5.41, 5.74) is 10.1. The monoisotopic (exact) mass is 208 g/mol. The molecule has 14 heavy (non-hydrogen) atoms. The first-order chi connectivity index (χ1) is 6.83. The standard InChI is InChI=1S/C6H14O3.C3H10N2/c1-7-3-5-9-6-4-8-2;4-2-1-3-5/h3-6H2,1-2H3;1-5H2. The maximum absolute atomic E-state index is 5.06. The van der Waals surface area contributed by atoms with Gasteiger partial charge in [-0.25, -0.2) is 0 Å². The van der Waals surface area contributed by atoms with Gasteiger partial charge in [0.15, 0.2) is 0 Å². The number of ether oxygens (including phenoxy) is 3. The van der Waals surface area contributed by atoms with Crippen LogP contribution in [0.15, 0.2) is 0 Å². The highest BCUT2D eigenvalue weighted by atomic mass is 16.5. The molecule has 5 heteroatoms. The predicted octanol–water partition coefficient (Wildman–Crippen LogP) is -0.410. The van der Waals surface area contributed by atoms with Crippen molar-refractivity contribution in [1.82, 2.24) is 0 Å². The third-order valence-electron chi connectivity index (χ3n) is 1.27. The minimum atomic E-state index is 0.653. The first-order valence-corrected chi connectivity index (χ1v) is 4.79. The summed E-state index contributed by atoms with van der Waals surface area (Å²) in [4.78, 5) is 0. The maximum atomic E-state index is 5.06. The molecule has 0 fully saturated rings. The second-order valence-corrected chi connectivity index (χ2v) is 2.53. The van der Waals surface area contributed by atoms with Crippen molar-refractivity contribution >= 4 is 0 Å². The predicted molar refractivity (Wildman–Crippen MR) is 57.3 cm³/mol. The van der Waals surface area contributed by atoms with E-state index in [9.17, 15) is 0 Å². The molecule has 0 saturated heterocycles. The molecule has 0 heterocycles. The van der Waals surface area contributed by atoms with Crippen LogP contribution in [0.4, 0.5) is 0 Å². The van der Waals surface area contributed by atoms with Crippen LogP contribution in [0, 0.1) is 0 Å². The summed E-state index contributed by atoms with van der Waals surface area (Å²) in [5, 5.41) is 0. The third-order valence-corrected chi connectivity index (χ3v) is 1.27. The molecule has 0 aromatic carbocycles. The highest BCUT2D eigenvalue weighted by molar-refractivity contribution is 4.33. The van der Waals surface area contributed by atoms with Crippen molar-refractivity contribution in [3.8, 4) is 0 Å². The Hall–Kier alpha value is -0.200. The lowest BCUT2D eigenvalue weighted by Crippen LogP contribution is -2.06. The van der Waals surface area contributed by atoms with Crippen LogP contribution in [0.5, 0.6) is 0 Å². The Labute approximate surface area is 86.7 Å². The van der Waals surface area contributed by atoms with Gasteiger partial charge in [-0.2, -0.15) is 0 Å². The average molecular weight is 208 g/mol. The fourth-order valence-corrected chi connectivity index (χ4v) is 0.504. The van der Waals surface area contributed by atoms with Gasteiger partial charge < -0.3 is 25.7 Å². The average Bonchev–Trinajstić information content (AvgIpc) is 2.20. The van der Waals surface area contributed by atoms with Crippen LogP contribution >= 0.6 is 0 Å². The number of hydrogen-bond acceptors (Lipinski definition) is 5. The van der Waals surface area contributed by atoms with Crippen LogP contribution in [0.1, 0.15) is 6.42 Å². The van der Waals surface area contributed by atoms with Crippen molar-refractivity contribution in [2.75, 3.05) is 53.7 Å². The molecule has 0 atom stereocenters. The van der Waals surface area contributed by atoms with Crippen molar-refractivity contribution < 1.29 is 14.2 Å². The zero-order valence-electron chi connectivity index (χ0n) is 9.33. The van der Waals surface area contributed by atoms with Crippen molar-refractivity contribution in [2.24, 2.45) is 11.5 Å². The van der Waals surface area contributed by atoms with Gasteiger partial charge in [0.25, 0.3) is 0 Å². The van der Waals surface area contributed by atoms with Gasteiger partial charge in [-0.05, 0) is 19.5 Å². The van der Waals surface area contributed by atoms with Gasteiger partial charge >= 0.3 is 0 Å². The Balaban J connectivity index is 0. The summed E-state index contributed by atoms with van der Waals surface area (Å²) in [6.45, 7) is 4.06. The summed E-state index contributed by atoms with van der Waals surface area (Å²) in [7, 11) is 3.30. The fraction of sp³-hybridized carbons (Fsp3) is 1.00. The minimum absolute atomic E-state index is 0.653. The molecule has 0 spiro atoms. The SMILES string of the molecule is COCCOCCOC.NCCCN. The largest absolute Gasteiger partial charge is 0.382 e. The summed E-state index contributed by atoms with van der Waals surface area (Å²) < 4.78 is 14.6. The Morgan fingerprint density at radius 1 is 0.786 bits per heavy atom. The number of hydrogen-bond donors (Lipinski definition) is 2. The van der Waals surface area contributed by atoms with Crippen LogP contribution in [0.3, 0.4) is 0 Å². The molecule has 0 unspecified atom stereocenters. The van der Waals surface area contributed by atoms with E-state index in [-0.39, 0.29) is 0 Å². The highest BCUT2D eigenvalue weighted by Crippen LogP contribution is 1.75. The van der Waals surface area contributed by atoms with Gasteiger partial charge in [-0.15, -0.1) is 0 Å². The van der Waals surface area contributed by atoms with Crippen molar-refractivity contribution in [3.63, 3.8) is 0 Å². The van der Waals surface area contributed by atoms with E-state index in [0.29, 0.717) is 26.4 Å². The normalized spacial score (nSPS) is 9.43. The van der Waals surface area contributed by atoms with Gasteiger partial charge in [0.1, 0.15) is 0 Å². The summed E-state index contributed by atoms with van der Waals surface area (Å²) in [6, 6.07) is 0. The second kappa shape index (κ2) is 18.6. The molecular formula is C9H24N2O3. The molecule has 0 aromatic rings. The molecule has 0 amide bonds. The molecule has 0 aromatic heterocycles. The summed E-state index contributed by atoms with van der Waals surface area (Å²) in [6.07, 6.45) is 0.944. The van der Waals surface area contributed by atoms with E-state index in [1.54, 1.807) is 14.2 Å². The van der Waals surface area contributed by atoms with Crippen LogP contribution < -0.4 is 11.5 Å². The van der Waals surface area contributed by atoms with Crippen molar-refractivity contribution in [1.29, 1.82) is 0 Å². The number of rotatable bonds is 8. The van der Waals surface area contributed by atoms with Gasteiger partial charge in [-0.1, -0.05) is 0 Å². The number of nitrogens with two attached hydrogens (primary N) is 2. The topological polar surface area (TPSA) is 79.7 Å². The van der Waals surface area contributed by atoms with E-state index in [2.05, 4.69) is 0 Å². The van der Waals surface area contributed by atoms with Crippen LogP contribution in [0.2, 0.25) is 0 Å². The highest BCUT2D eigenvalue weighted by Gasteiger charge is 1.84. The molecule has 4 N–H and O–H groups in total. The van der Waals surface area contributed by atoms with E-state index in [4.69, 9.17) is 25.7 Å². The second-order valence-electron chi connectivity index (χ2n) is 2.53. The number of methoxy groups -OCH3 is 2. The van der Waals surface area contributed by atoms with Gasteiger partial charge in [0.05, 0.1) is 26.4 Å². The quantitative estimate of drug-likeness (QED) is 0.530. The zero-order chi connectivity index (χ0) is 11.1. The Bertz CT molecular complexity index is 76.5. The maximum Gasteiger partial charge on any atom is 0.0701 e. The molecule has 88 valence electrons. The van der Waals surface area contributed by atoms with E-state index < -0.39 is 0 Å². The Morgan fingerprint density at radius 3 is 1.43 bits per heavy atom. The summed E-state index contributed by atoms with van der Waals surface area (Å²) >= 11 is 0. The van der Waals surface area contributed by atoms with E-state index in [1.807, 2.05) is 0 Å². The first-order valence-electron chi connectivity index (χ1n) is 4.79. The molecule has 0 aliphatic carbocycles. The molecule has 0 rings (SSSR count). The lowest BCUT2D eigenvalue weighted by atomic mass is 10.4. The van der Waals surface area contributed by atoms with Crippen molar-refractivity contribution in [3.05, 3.63) is 0 Å². The van der Waals surface area contributed by atoms with Gasteiger partial charge in [0.2, 0.25) is 0 Å². The van der Waals surface area contributed by atoms with Crippen LogP contribution in [-0.2, 0) is 14.2 Å². The first kappa shape index (κ1) is 16.2. The molecule has 0 radical (unpaired) electrons. The molecule has 5 nitrogen and oxygen atoms in total. The van der Waals surface area contributed by atoms with Gasteiger partial charge in [-0.3, -0.25) is 0 Å². The van der Waals surface area contributed by atoms with E-state index in [1.165, 1.54) is 0 Å². The molecule has 0 saturated carbocycles. The zero-order valence-corrected chi connectivity index (χ0v) is 9.33. The van der Waals surface area contributed by atoms with E-state index in [0.717, 1.165) is 19.5 Å². The van der Waals surface area contributed by atoms with Crippen LogP contribution in [-0.4, -0.2) is 53.7 Å². The Morgan fingerprint density at radius 2 is 1.21 bits per heavy atom. The smallest absolute Gasteiger partial charge is 0.0701 e. The van der Waals surface area contributed by atoms with Crippen molar-refractivity contribution in [2.45, 2.75) is 6.42 Å². The molecule has 0 aliphatic rings. The lowest BCUT2D eigenvalue weighted by Gasteiger charge is -2.00. The minimum Gasteiger partial charge on any atom is -0.382 e. The molecule has 0 aliphatic heterocycles. The van der Waals surface area contributed by atoms with E-state index >= 15 is 0 Å². The lowest BCUT2D eigenvalue weighted by molar-refractivity contribution is 0.0385. The van der Waals surface area contributed by atoms with Gasteiger partial charge in [0, 0.05) is 14.2 Å². The molecular weight excluding hydrogens is 184 g/mol. The van der Waals surface area contributed by atoms with Crippen LogP contribution in [0.25, 0.3) is 0 Å². The Kier molecular flexibility index (Phi) is 21.5. The molecule has 0 bridgehead atoms. The third kappa shape index (κ3) is 22.6. The summed E-state index contributed by atoms with van der Waals surface area (Å²) in [5.74, 6) is 0. The fourth-order valence-electron chi connectivity index (χ4n) is 0.504.